The highest BCUT2D eigenvalue weighted by Gasteiger charge is 2.18. The van der Waals surface area contributed by atoms with E-state index in [2.05, 4.69) is 15.1 Å². The van der Waals surface area contributed by atoms with Crippen LogP contribution in [-0.4, -0.2) is 28.8 Å². The molecular weight excluding hydrogens is 415 g/mol. The van der Waals surface area contributed by atoms with E-state index in [1.54, 1.807) is 23.6 Å². The van der Waals surface area contributed by atoms with Crippen molar-refractivity contribution in [3.05, 3.63) is 61.6 Å². The van der Waals surface area contributed by atoms with Crippen molar-refractivity contribution in [3.63, 3.8) is 0 Å². The van der Waals surface area contributed by atoms with E-state index < -0.39 is 11.2 Å². The van der Waals surface area contributed by atoms with Crippen LogP contribution >= 0.6 is 11.6 Å². The molecule has 0 atom stereocenters. The first kappa shape index (κ1) is 20.0. The summed E-state index contributed by atoms with van der Waals surface area (Å²) in [6, 6.07) is 4.74. The fraction of sp³-hybridized carbons (Fsp3) is 0.316. The molecule has 30 heavy (non-hydrogen) atoms. The summed E-state index contributed by atoms with van der Waals surface area (Å²) in [5, 5.41) is 4.01. The standard InChI is InChI=1S/C19H18ClFN6O3/c1-10-6-7-11(9-12(10)21)15-22-13(30-24-15)5-4-8-27-14-16(23-18(27)20)25(2)19(29)26(3)17(14)28/h6-7,9H,4-5,8H2,1-3H3. The van der Waals surface area contributed by atoms with Crippen molar-refractivity contribution in [2.45, 2.75) is 26.3 Å². The maximum Gasteiger partial charge on any atom is 0.332 e. The van der Waals surface area contributed by atoms with Crippen molar-refractivity contribution in [2.24, 2.45) is 14.1 Å². The highest BCUT2D eigenvalue weighted by molar-refractivity contribution is 6.29. The topological polar surface area (TPSA) is 101 Å². The van der Waals surface area contributed by atoms with Gasteiger partial charge in [-0.15, -0.1) is 0 Å². The number of nitrogens with zero attached hydrogens (tertiary/aromatic N) is 6. The zero-order chi connectivity index (χ0) is 21.6. The monoisotopic (exact) mass is 432 g/mol. The molecule has 0 fully saturated rings. The molecule has 0 radical (unpaired) electrons. The number of hydrogen-bond donors (Lipinski definition) is 0. The van der Waals surface area contributed by atoms with Crippen LogP contribution in [0.1, 0.15) is 17.9 Å². The van der Waals surface area contributed by atoms with E-state index in [1.165, 1.54) is 24.7 Å². The second-order valence-electron chi connectivity index (χ2n) is 6.99. The molecule has 4 rings (SSSR count). The maximum absolute atomic E-state index is 13.8. The molecule has 3 heterocycles. The fourth-order valence-corrected chi connectivity index (χ4v) is 3.47. The maximum atomic E-state index is 13.8. The van der Waals surface area contributed by atoms with Gasteiger partial charge in [0.1, 0.15) is 5.82 Å². The van der Waals surface area contributed by atoms with Gasteiger partial charge in [0.15, 0.2) is 11.2 Å². The molecule has 4 aromatic rings. The Morgan fingerprint density at radius 2 is 1.93 bits per heavy atom. The lowest BCUT2D eigenvalue weighted by molar-refractivity contribution is 0.373. The number of hydrogen-bond acceptors (Lipinski definition) is 6. The van der Waals surface area contributed by atoms with Crippen LogP contribution in [0.4, 0.5) is 4.39 Å². The van der Waals surface area contributed by atoms with E-state index in [9.17, 15) is 14.0 Å². The number of fused-ring (bicyclic) bond motifs is 1. The summed E-state index contributed by atoms with van der Waals surface area (Å²) in [5.74, 6) is 0.349. The summed E-state index contributed by atoms with van der Waals surface area (Å²) >= 11 is 6.21. The number of aromatic nitrogens is 6. The predicted molar refractivity (Wildman–Crippen MR) is 108 cm³/mol. The number of halogens is 2. The van der Waals surface area contributed by atoms with E-state index >= 15 is 0 Å². The van der Waals surface area contributed by atoms with Gasteiger partial charge >= 0.3 is 5.69 Å². The third kappa shape index (κ3) is 3.32. The third-order valence-corrected chi connectivity index (χ3v) is 5.26. The van der Waals surface area contributed by atoms with Crippen LogP contribution in [0.5, 0.6) is 0 Å². The number of benzene rings is 1. The zero-order valence-electron chi connectivity index (χ0n) is 16.5. The highest BCUT2D eigenvalue weighted by atomic mass is 35.5. The van der Waals surface area contributed by atoms with Crippen molar-refractivity contribution in [1.29, 1.82) is 0 Å². The molecule has 0 aliphatic heterocycles. The fourth-order valence-electron chi connectivity index (χ4n) is 3.22. The second-order valence-corrected chi connectivity index (χ2v) is 7.33. The summed E-state index contributed by atoms with van der Waals surface area (Å²) < 4.78 is 22.9. The summed E-state index contributed by atoms with van der Waals surface area (Å²) in [7, 11) is 2.94. The number of aryl methyl sites for hydroxylation is 4. The van der Waals surface area contributed by atoms with Gasteiger partial charge in [0.05, 0.1) is 0 Å². The molecule has 3 aromatic heterocycles. The molecule has 0 N–H and O–H groups in total. The van der Waals surface area contributed by atoms with Crippen LogP contribution < -0.4 is 11.2 Å². The summed E-state index contributed by atoms with van der Waals surface area (Å²) in [4.78, 5) is 33.1. The first-order chi connectivity index (χ1) is 14.3. The smallest absolute Gasteiger partial charge is 0.332 e. The normalized spacial score (nSPS) is 11.5. The van der Waals surface area contributed by atoms with Gasteiger partial charge in [0, 0.05) is 32.6 Å². The lowest BCUT2D eigenvalue weighted by Crippen LogP contribution is -2.37. The van der Waals surface area contributed by atoms with Crippen molar-refractivity contribution >= 4 is 22.8 Å². The minimum atomic E-state index is -0.472. The molecule has 0 amide bonds. The molecule has 0 saturated carbocycles. The van der Waals surface area contributed by atoms with E-state index in [0.717, 1.165) is 4.57 Å². The van der Waals surface area contributed by atoms with E-state index in [4.69, 9.17) is 16.1 Å². The average Bonchev–Trinajstić information content (AvgIpc) is 3.32. The molecular formula is C19H18ClFN6O3. The Morgan fingerprint density at radius 3 is 2.67 bits per heavy atom. The van der Waals surface area contributed by atoms with Crippen molar-refractivity contribution in [2.75, 3.05) is 0 Å². The Bertz CT molecular complexity index is 1380. The molecule has 0 spiro atoms. The third-order valence-electron chi connectivity index (χ3n) is 4.97. The molecule has 11 heteroatoms. The van der Waals surface area contributed by atoms with Gasteiger partial charge in [-0.25, -0.2) is 9.18 Å². The molecule has 0 bridgehead atoms. The minimum Gasteiger partial charge on any atom is -0.339 e. The van der Waals surface area contributed by atoms with E-state index in [-0.39, 0.29) is 22.3 Å². The van der Waals surface area contributed by atoms with Gasteiger partial charge in [0.2, 0.25) is 17.0 Å². The molecule has 1 aromatic carbocycles. The van der Waals surface area contributed by atoms with Crippen LogP contribution in [0.3, 0.4) is 0 Å². The van der Waals surface area contributed by atoms with E-state index in [0.29, 0.717) is 42.2 Å². The van der Waals surface area contributed by atoms with Crippen molar-refractivity contribution in [3.8, 4) is 11.4 Å². The highest BCUT2D eigenvalue weighted by Crippen LogP contribution is 2.20. The molecule has 156 valence electrons. The van der Waals surface area contributed by atoms with E-state index in [1.807, 2.05) is 0 Å². The molecule has 0 unspecified atom stereocenters. The average molecular weight is 433 g/mol. The molecule has 9 nitrogen and oxygen atoms in total. The second kappa shape index (κ2) is 7.52. The Labute approximate surface area is 174 Å². The zero-order valence-corrected chi connectivity index (χ0v) is 17.3. The van der Waals surface area contributed by atoms with Gasteiger partial charge in [-0.2, -0.15) is 9.97 Å². The number of rotatable bonds is 5. The largest absolute Gasteiger partial charge is 0.339 e. The Balaban J connectivity index is 1.54. The summed E-state index contributed by atoms with van der Waals surface area (Å²) in [5.41, 5.74) is 0.617. The lowest BCUT2D eigenvalue weighted by Gasteiger charge is -2.06. The quantitative estimate of drug-likeness (QED) is 0.448. The van der Waals surface area contributed by atoms with Crippen LogP contribution in [0, 0.1) is 12.7 Å². The minimum absolute atomic E-state index is 0.115. The van der Waals surface area contributed by atoms with Gasteiger partial charge < -0.3 is 9.09 Å². The van der Waals surface area contributed by atoms with Crippen LogP contribution in [-0.2, 0) is 27.1 Å². The van der Waals surface area contributed by atoms with Crippen molar-refractivity contribution in [1.82, 2.24) is 28.8 Å². The summed E-state index contributed by atoms with van der Waals surface area (Å²) in [6.45, 7) is 2.04. The lowest BCUT2D eigenvalue weighted by atomic mass is 10.1. The Morgan fingerprint density at radius 1 is 1.17 bits per heavy atom. The molecule has 0 saturated heterocycles. The Kier molecular flexibility index (Phi) is 5.02. The van der Waals surface area contributed by atoms with Gasteiger partial charge in [-0.1, -0.05) is 17.3 Å². The van der Waals surface area contributed by atoms with Gasteiger partial charge in [0.25, 0.3) is 5.56 Å². The van der Waals surface area contributed by atoms with Gasteiger partial charge in [-0.3, -0.25) is 13.9 Å². The summed E-state index contributed by atoms with van der Waals surface area (Å²) in [6.07, 6.45) is 0.949. The van der Waals surface area contributed by atoms with Crippen LogP contribution in [0.25, 0.3) is 22.6 Å². The molecule has 0 aliphatic carbocycles. The van der Waals surface area contributed by atoms with Crippen LogP contribution in [0.15, 0.2) is 32.3 Å². The SMILES string of the molecule is Cc1ccc(-c2noc(CCCn3c(Cl)nc4c3c(=O)n(C)c(=O)n4C)n2)cc1F. The van der Waals surface area contributed by atoms with Crippen molar-refractivity contribution < 1.29 is 8.91 Å². The van der Waals surface area contributed by atoms with Gasteiger partial charge in [-0.05, 0) is 36.6 Å². The first-order valence-corrected chi connectivity index (χ1v) is 9.56. The number of imidazole rings is 1. The predicted octanol–water partition coefficient (Wildman–Crippen LogP) is 2.22. The first-order valence-electron chi connectivity index (χ1n) is 9.18. The molecule has 0 aliphatic rings. The van der Waals surface area contributed by atoms with Crippen LogP contribution in [0.2, 0.25) is 5.28 Å². The Hall–Kier alpha value is -3.27.